The monoisotopic (exact) mass is 362 g/mol. The van der Waals surface area contributed by atoms with Crippen molar-refractivity contribution in [1.29, 1.82) is 0 Å². The van der Waals surface area contributed by atoms with Crippen molar-refractivity contribution >= 4 is 11.9 Å². The molecule has 0 radical (unpaired) electrons. The number of hydrogen-bond acceptors (Lipinski definition) is 4. The first kappa shape index (κ1) is 19.7. The first-order valence-electron chi connectivity index (χ1n) is 8.88. The smallest absolute Gasteiger partial charge is 0.303 e. The molecule has 26 heavy (non-hydrogen) atoms. The first-order valence-corrected chi connectivity index (χ1v) is 8.88. The Morgan fingerprint density at radius 3 is 1.46 bits per heavy atom. The molecule has 0 aromatic carbocycles. The van der Waals surface area contributed by atoms with E-state index in [1.54, 1.807) is 0 Å². The third kappa shape index (κ3) is 7.50. The largest absolute Gasteiger partial charge is 0.481 e. The van der Waals surface area contributed by atoms with E-state index in [2.05, 4.69) is 31.5 Å². The minimum Gasteiger partial charge on any atom is -0.481 e. The Kier molecular flexibility index (Phi) is 7.85. The number of hydrogen-bond donors (Lipinski definition) is 2. The van der Waals surface area contributed by atoms with Gasteiger partial charge in [0.2, 0.25) is 0 Å². The van der Waals surface area contributed by atoms with Gasteiger partial charge in [0.15, 0.2) is 0 Å². The molecule has 0 bridgehead atoms. The molecule has 2 N–H and O–H groups in total. The van der Waals surface area contributed by atoms with Crippen molar-refractivity contribution in [2.75, 3.05) is 0 Å². The molecule has 0 aliphatic heterocycles. The molecule has 1 aliphatic rings. The zero-order chi connectivity index (χ0) is 18.8. The third-order valence-electron chi connectivity index (χ3n) is 4.58. The van der Waals surface area contributed by atoms with Crippen molar-refractivity contribution in [3.63, 3.8) is 0 Å². The van der Waals surface area contributed by atoms with E-state index in [4.69, 9.17) is 10.2 Å². The van der Waals surface area contributed by atoms with E-state index < -0.39 is 11.9 Å². The number of imidazole rings is 2. The number of carboxylic acid groups (broad SMARTS) is 2. The molecule has 0 spiro atoms. The Labute approximate surface area is 152 Å². The molecular weight excluding hydrogens is 336 g/mol. The Hall–Kier alpha value is -2.64. The molecular formula is C18H26N4O4. The number of aromatic nitrogens is 4. The summed E-state index contributed by atoms with van der Waals surface area (Å²) in [5.41, 5.74) is 0. The third-order valence-corrected chi connectivity index (χ3v) is 4.58. The van der Waals surface area contributed by atoms with Crippen LogP contribution >= 0.6 is 0 Å². The molecule has 2 heterocycles. The van der Waals surface area contributed by atoms with Crippen molar-refractivity contribution in [1.82, 2.24) is 19.1 Å². The molecule has 0 unspecified atom stereocenters. The first-order chi connectivity index (χ1) is 12.5. The van der Waals surface area contributed by atoms with Gasteiger partial charge in [-0.05, 0) is 37.5 Å². The van der Waals surface area contributed by atoms with Crippen LogP contribution in [0.25, 0.3) is 0 Å². The van der Waals surface area contributed by atoms with Crippen LogP contribution in [0, 0.1) is 11.8 Å². The lowest BCUT2D eigenvalue weighted by Crippen LogP contribution is -2.21. The van der Waals surface area contributed by atoms with Crippen molar-refractivity contribution in [3.8, 4) is 0 Å². The topological polar surface area (TPSA) is 110 Å². The van der Waals surface area contributed by atoms with Crippen LogP contribution in [0.1, 0.15) is 38.5 Å². The van der Waals surface area contributed by atoms with E-state index in [1.807, 2.05) is 25.0 Å². The second-order valence-corrected chi connectivity index (χ2v) is 6.69. The maximum absolute atomic E-state index is 9.64. The highest BCUT2D eigenvalue weighted by Crippen LogP contribution is 2.30. The molecule has 8 nitrogen and oxygen atoms in total. The van der Waals surface area contributed by atoms with Crippen molar-refractivity contribution in [2.24, 2.45) is 11.8 Å². The van der Waals surface area contributed by atoms with Gasteiger partial charge in [0.05, 0.1) is 25.5 Å². The summed E-state index contributed by atoms with van der Waals surface area (Å²) in [5, 5.41) is 15.8. The Morgan fingerprint density at radius 1 is 0.808 bits per heavy atom. The summed E-state index contributed by atoms with van der Waals surface area (Å²) >= 11 is 0. The highest BCUT2D eigenvalue weighted by atomic mass is 16.4. The van der Waals surface area contributed by atoms with Crippen LogP contribution in [0.5, 0.6) is 0 Å². The van der Waals surface area contributed by atoms with Crippen LogP contribution in [0.15, 0.2) is 37.4 Å². The van der Waals surface area contributed by atoms with Gasteiger partial charge >= 0.3 is 11.9 Å². The van der Waals surface area contributed by atoms with Crippen LogP contribution in [-0.4, -0.2) is 41.3 Å². The molecule has 1 saturated carbocycles. The lowest BCUT2D eigenvalue weighted by molar-refractivity contribution is -0.143. The minimum absolute atomic E-state index is 0.296. The van der Waals surface area contributed by atoms with Crippen LogP contribution in [0.3, 0.4) is 0 Å². The summed E-state index contributed by atoms with van der Waals surface area (Å²) in [6, 6.07) is 0. The van der Waals surface area contributed by atoms with Gasteiger partial charge in [-0.15, -0.1) is 0 Å². The number of rotatable bonds is 7. The Balaban J connectivity index is 0.000000260. The second kappa shape index (κ2) is 10.4. The molecule has 8 heteroatoms. The lowest BCUT2D eigenvalue weighted by Gasteiger charge is -2.28. The normalized spacial score (nSPS) is 19.4. The molecule has 0 saturated heterocycles. The molecule has 2 aromatic rings. The predicted octanol–water partition coefficient (Wildman–Crippen LogP) is 2.52. The van der Waals surface area contributed by atoms with Crippen LogP contribution < -0.4 is 0 Å². The van der Waals surface area contributed by atoms with Crippen molar-refractivity contribution in [3.05, 3.63) is 37.4 Å². The summed E-state index contributed by atoms with van der Waals surface area (Å²) in [6.07, 6.45) is 16.5. The fourth-order valence-electron chi connectivity index (χ4n) is 3.20. The average molecular weight is 362 g/mol. The quantitative estimate of drug-likeness (QED) is 0.783. The average Bonchev–Trinajstić information content (AvgIpc) is 3.29. The van der Waals surface area contributed by atoms with E-state index in [0.717, 1.165) is 24.9 Å². The number of nitrogens with zero attached hydrogens (tertiary/aromatic N) is 4. The van der Waals surface area contributed by atoms with E-state index in [-0.39, 0.29) is 12.8 Å². The lowest BCUT2D eigenvalue weighted by atomic mass is 9.82. The number of carboxylic acids is 2. The van der Waals surface area contributed by atoms with Gasteiger partial charge in [-0.2, -0.15) is 0 Å². The molecule has 2 aromatic heterocycles. The Morgan fingerprint density at radius 2 is 1.19 bits per heavy atom. The van der Waals surface area contributed by atoms with Crippen molar-refractivity contribution in [2.45, 2.75) is 51.6 Å². The van der Waals surface area contributed by atoms with Gasteiger partial charge in [-0.25, -0.2) is 9.97 Å². The second-order valence-electron chi connectivity index (χ2n) is 6.69. The number of carbonyl (C=O) groups is 2. The summed E-state index contributed by atoms with van der Waals surface area (Å²) in [6.45, 7) is 2.27. The summed E-state index contributed by atoms with van der Waals surface area (Å²) in [4.78, 5) is 27.5. The maximum atomic E-state index is 9.64. The van der Waals surface area contributed by atoms with Crippen LogP contribution in [0.4, 0.5) is 0 Å². The van der Waals surface area contributed by atoms with Crippen LogP contribution in [-0.2, 0) is 22.7 Å². The van der Waals surface area contributed by atoms with Gasteiger partial charge in [-0.3, -0.25) is 9.59 Å². The van der Waals surface area contributed by atoms with E-state index >= 15 is 0 Å². The van der Waals surface area contributed by atoms with Crippen molar-refractivity contribution < 1.29 is 19.8 Å². The van der Waals surface area contributed by atoms with E-state index in [9.17, 15) is 9.59 Å². The zero-order valence-corrected chi connectivity index (χ0v) is 14.8. The standard InChI is InChI=1S/C14H20N4.C4H6O4/c1-2-14(10-18-8-6-16-12-18)4-3-13(1)9-17-7-5-15-11-17;5-3(6)1-2-4(7)8/h5-8,11-14H,1-4,9-10H2;1-2H2,(H,5,6)(H,7,8)/t13-,14+;. The molecule has 0 atom stereocenters. The van der Waals surface area contributed by atoms with Crippen LogP contribution in [0.2, 0.25) is 0 Å². The highest BCUT2D eigenvalue weighted by molar-refractivity contribution is 5.75. The van der Waals surface area contributed by atoms with E-state index in [1.165, 1.54) is 25.7 Å². The summed E-state index contributed by atoms with van der Waals surface area (Å²) < 4.78 is 4.42. The predicted molar refractivity (Wildman–Crippen MR) is 94.4 cm³/mol. The van der Waals surface area contributed by atoms with Gasteiger partial charge in [0, 0.05) is 37.9 Å². The summed E-state index contributed by atoms with van der Waals surface area (Å²) in [7, 11) is 0. The Bertz CT molecular complexity index is 589. The minimum atomic E-state index is -1.08. The molecule has 0 amide bonds. The molecule has 3 rings (SSSR count). The fourth-order valence-corrected chi connectivity index (χ4v) is 3.20. The SMILES string of the molecule is O=C(O)CCC(=O)O.c1cn(C[C@H]2CC[C@@H](Cn3ccnc3)CC2)cn1. The molecule has 142 valence electrons. The molecule has 1 fully saturated rings. The van der Waals surface area contributed by atoms with Gasteiger partial charge in [0.25, 0.3) is 0 Å². The number of aliphatic carboxylic acids is 2. The van der Waals surface area contributed by atoms with E-state index in [0.29, 0.717) is 0 Å². The highest BCUT2D eigenvalue weighted by Gasteiger charge is 2.21. The van der Waals surface area contributed by atoms with Gasteiger partial charge < -0.3 is 19.3 Å². The van der Waals surface area contributed by atoms with Gasteiger partial charge in [0.1, 0.15) is 0 Å². The molecule has 1 aliphatic carbocycles. The van der Waals surface area contributed by atoms with Gasteiger partial charge in [-0.1, -0.05) is 0 Å². The maximum Gasteiger partial charge on any atom is 0.303 e. The summed E-state index contributed by atoms with van der Waals surface area (Å²) in [5.74, 6) is -0.490. The fraction of sp³-hybridized carbons (Fsp3) is 0.556. The zero-order valence-electron chi connectivity index (χ0n) is 14.8.